The maximum atomic E-state index is 14.0. The molecule has 0 spiro atoms. The topological polar surface area (TPSA) is 52.6 Å². The average molecular weight is 272 g/mol. The van der Waals surface area contributed by atoms with E-state index in [9.17, 15) is 8.60 Å². The highest BCUT2D eigenvalue weighted by Crippen LogP contribution is 2.22. The summed E-state index contributed by atoms with van der Waals surface area (Å²) in [6, 6.07) is 5.08. The molecule has 0 amide bonds. The molecular weight excluding hydrogens is 255 g/mol. The number of rotatable bonds is 3. The third kappa shape index (κ3) is 3.28. The van der Waals surface area contributed by atoms with Crippen molar-refractivity contribution in [2.75, 3.05) is 24.5 Å². The van der Waals surface area contributed by atoms with E-state index in [-0.39, 0.29) is 11.6 Å². The van der Waals surface area contributed by atoms with Crippen molar-refractivity contribution >= 4 is 16.8 Å². The van der Waals surface area contributed by atoms with E-state index in [1.54, 1.807) is 12.1 Å². The lowest BCUT2D eigenvalue weighted by atomic mass is 10.1. The van der Waals surface area contributed by atoms with Gasteiger partial charge in [0.05, 0.1) is 11.4 Å². The molecule has 1 heterocycles. The van der Waals surface area contributed by atoms with Crippen LogP contribution in [0.1, 0.15) is 12.5 Å². The van der Waals surface area contributed by atoms with Gasteiger partial charge in [-0.3, -0.25) is 0 Å². The molecule has 1 aliphatic heterocycles. The van der Waals surface area contributed by atoms with Crippen LogP contribution in [0.15, 0.2) is 18.2 Å². The predicted octanol–water partition coefficient (Wildman–Crippen LogP) is 1.35. The van der Waals surface area contributed by atoms with Gasteiger partial charge in [-0.2, -0.15) is 0 Å². The first-order valence-corrected chi connectivity index (χ1v) is 7.18. The van der Waals surface area contributed by atoms with E-state index < -0.39 is 11.1 Å². The molecule has 0 aromatic heterocycles. The summed E-state index contributed by atoms with van der Waals surface area (Å²) < 4.78 is 33.4. The Kier molecular flexibility index (Phi) is 4.31. The third-order valence-corrected chi connectivity index (χ3v) is 3.59. The highest BCUT2D eigenvalue weighted by atomic mass is 32.2. The van der Waals surface area contributed by atoms with Crippen LogP contribution in [-0.2, 0) is 16.8 Å². The average Bonchev–Trinajstić information content (AvgIpc) is 2.28. The molecule has 0 saturated carbocycles. The van der Waals surface area contributed by atoms with Crippen molar-refractivity contribution in [3.05, 3.63) is 29.6 Å². The number of hydrogen-bond donors (Lipinski definition) is 2. The van der Waals surface area contributed by atoms with Crippen molar-refractivity contribution in [2.24, 2.45) is 0 Å². The number of halogens is 1. The van der Waals surface area contributed by atoms with Gasteiger partial charge >= 0.3 is 0 Å². The van der Waals surface area contributed by atoms with E-state index >= 15 is 0 Å². The summed E-state index contributed by atoms with van der Waals surface area (Å²) in [5.74, 6) is -0.359. The van der Waals surface area contributed by atoms with Crippen LogP contribution < -0.4 is 10.2 Å². The molecule has 1 aromatic rings. The van der Waals surface area contributed by atoms with E-state index in [0.717, 1.165) is 19.6 Å². The number of nitrogens with zero attached hydrogens (tertiary/aromatic N) is 1. The van der Waals surface area contributed by atoms with Gasteiger partial charge in [-0.05, 0) is 24.6 Å². The van der Waals surface area contributed by atoms with Crippen LogP contribution >= 0.6 is 0 Å². The van der Waals surface area contributed by atoms with E-state index in [1.807, 2.05) is 4.90 Å². The second-order valence-corrected chi connectivity index (χ2v) is 5.48. The number of anilines is 1. The van der Waals surface area contributed by atoms with Crippen molar-refractivity contribution in [2.45, 2.75) is 18.7 Å². The molecule has 0 radical (unpaired) electrons. The van der Waals surface area contributed by atoms with Crippen LogP contribution in [0, 0.1) is 5.82 Å². The van der Waals surface area contributed by atoms with Gasteiger partial charge in [0, 0.05) is 25.7 Å². The zero-order valence-electron chi connectivity index (χ0n) is 10.2. The fourth-order valence-corrected chi connectivity index (χ4v) is 2.66. The van der Waals surface area contributed by atoms with Gasteiger partial charge < -0.3 is 14.8 Å². The van der Waals surface area contributed by atoms with Crippen molar-refractivity contribution in [1.82, 2.24) is 5.32 Å². The largest absolute Gasteiger partial charge is 0.366 e. The van der Waals surface area contributed by atoms with Crippen LogP contribution in [-0.4, -0.2) is 34.4 Å². The molecular formula is C12H17FN2O2S. The molecule has 1 aromatic carbocycles. The Hall–Kier alpha value is -0.980. The first kappa shape index (κ1) is 13.5. The van der Waals surface area contributed by atoms with Crippen molar-refractivity contribution in [3.8, 4) is 0 Å². The van der Waals surface area contributed by atoms with Crippen LogP contribution in [0.2, 0.25) is 0 Å². The van der Waals surface area contributed by atoms with Gasteiger partial charge in [0.1, 0.15) is 5.82 Å². The summed E-state index contributed by atoms with van der Waals surface area (Å²) in [5, 5.41) is 3.30. The molecule has 1 unspecified atom stereocenters. The molecule has 2 rings (SSSR count). The number of benzene rings is 1. The lowest BCUT2D eigenvalue weighted by Crippen LogP contribution is -2.49. The highest BCUT2D eigenvalue weighted by molar-refractivity contribution is 7.78. The Morgan fingerprint density at radius 1 is 1.61 bits per heavy atom. The predicted molar refractivity (Wildman–Crippen MR) is 70.6 cm³/mol. The second kappa shape index (κ2) is 5.77. The first-order chi connectivity index (χ1) is 8.56. The van der Waals surface area contributed by atoms with Gasteiger partial charge in [0.2, 0.25) is 0 Å². The minimum absolute atomic E-state index is 0.0326. The van der Waals surface area contributed by atoms with Gasteiger partial charge in [0.15, 0.2) is 11.1 Å². The first-order valence-electron chi connectivity index (χ1n) is 5.90. The summed E-state index contributed by atoms with van der Waals surface area (Å²) in [7, 11) is 0. The summed E-state index contributed by atoms with van der Waals surface area (Å²) in [6.07, 6.45) is 0. The quantitative estimate of drug-likeness (QED) is 0.816. The monoisotopic (exact) mass is 272 g/mol. The van der Waals surface area contributed by atoms with Gasteiger partial charge in [-0.1, -0.05) is 6.07 Å². The van der Waals surface area contributed by atoms with Crippen molar-refractivity contribution < 1.29 is 13.2 Å². The molecule has 1 aliphatic rings. The summed E-state index contributed by atoms with van der Waals surface area (Å²) in [5.41, 5.74) is 1.11. The molecule has 0 aliphatic carbocycles. The van der Waals surface area contributed by atoms with E-state index in [4.69, 9.17) is 4.55 Å². The fourth-order valence-electron chi connectivity index (χ4n) is 2.19. The summed E-state index contributed by atoms with van der Waals surface area (Å²) in [6.45, 7) is 4.44. The second-order valence-electron chi connectivity index (χ2n) is 4.55. The Morgan fingerprint density at radius 2 is 2.39 bits per heavy atom. The highest BCUT2D eigenvalue weighted by Gasteiger charge is 2.18. The van der Waals surface area contributed by atoms with Gasteiger partial charge in [-0.25, -0.2) is 8.60 Å². The van der Waals surface area contributed by atoms with Crippen molar-refractivity contribution in [3.63, 3.8) is 0 Å². The molecule has 2 atom stereocenters. The van der Waals surface area contributed by atoms with Crippen LogP contribution in [0.25, 0.3) is 0 Å². The van der Waals surface area contributed by atoms with Crippen LogP contribution in [0.3, 0.4) is 0 Å². The van der Waals surface area contributed by atoms with E-state index in [0.29, 0.717) is 17.3 Å². The molecule has 0 bridgehead atoms. The zero-order chi connectivity index (χ0) is 13.1. The summed E-state index contributed by atoms with van der Waals surface area (Å²) >= 11 is -1.93. The maximum Gasteiger partial charge on any atom is 0.157 e. The van der Waals surface area contributed by atoms with Gasteiger partial charge in [0.25, 0.3) is 0 Å². The molecule has 100 valence electrons. The smallest absolute Gasteiger partial charge is 0.157 e. The van der Waals surface area contributed by atoms with Gasteiger partial charge in [-0.15, -0.1) is 0 Å². The Labute approximate surface area is 108 Å². The number of hydrogen-bond acceptors (Lipinski definition) is 3. The van der Waals surface area contributed by atoms with E-state index in [2.05, 4.69) is 12.2 Å². The molecule has 1 fully saturated rings. The van der Waals surface area contributed by atoms with E-state index in [1.165, 1.54) is 6.07 Å². The normalized spacial score (nSPS) is 21.9. The number of nitrogens with one attached hydrogen (secondary N) is 1. The Morgan fingerprint density at radius 3 is 3.00 bits per heavy atom. The molecule has 18 heavy (non-hydrogen) atoms. The van der Waals surface area contributed by atoms with Crippen molar-refractivity contribution in [1.29, 1.82) is 0 Å². The standard InChI is InChI=1S/C12H17FN2O2S/c1-9-7-15(5-4-14-9)12-3-2-10(6-11(12)13)8-18(16)17/h2-3,6,9,14H,4-5,7-8H2,1H3,(H,16,17)/t9-/m1/s1. The lowest BCUT2D eigenvalue weighted by Gasteiger charge is -2.33. The van der Waals surface area contributed by atoms with Crippen LogP contribution in [0.4, 0.5) is 10.1 Å². The third-order valence-electron chi connectivity index (χ3n) is 3.01. The molecule has 2 N–H and O–H groups in total. The SMILES string of the molecule is C[C@@H]1CN(c2ccc(CS(=O)O)cc2F)CCN1. The minimum Gasteiger partial charge on any atom is -0.366 e. The zero-order valence-corrected chi connectivity index (χ0v) is 11.0. The Bertz CT molecular complexity index is 456. The lowest BCUT2D eigenvalue weighted by molar-refractivity contribution is 0.478. The maximum absolute atomic E-state index is 14.0. The molecule has 6 heteroatoms. The minimum atomic E-state index is -1.93. The van der Waals surface area contributed by atoms with Crippen LogP contribution in [0.5, 0.6) is 0 Å². The molecule has 1 saturated heterocycles. The Balaban J connectivity index is 2.16. The fraction of sp³-hybridized carbons (Fsp3) is 0.500. The summed E-state index contributed by atoms with van der Waals surface area (Å²) in [4.78, 5) is 2.00. The molecule has 4 nitrogen and oxygen atoms in total. The number of piperazine rings is 1.